The van der Waals surface area contributed by atoms with Crippen molar-refractivity contribution in [1.29, 1.82) is 0 Å². The Hall–Kier alpha value is -1.35. The fourth-order valence-electron chi connectivity index (χ4n) is 2.91. The molecule has 0 aliphatic heterocycles. The van der Waals surface area contributed by atoms with Gasteiger partial charge in [-0.3, -0.25) is 4.79 Å². The minimum absolute atomic E-state index is 0.0520. The summed E-state index contributed by atoms with van der Waals surface area (Å²) in [4.78, 5) is 12.2. The first-order valence-corrected chi connectivity index (χ1v) is 7.58. The molecule has 1 aromatic rings. The molecule has 3 nitrogen and oxygen atoms in total. The highest BCUT2D eigenvalue weighted by Crippen LogP contribution is 2.25. The Morgan fingerprint density at radius 1 is 1.35 bits per heavy atom. The number of nitrogens with one attached hydrogen (secondary N) is 1. The van der Waals surface area contributed by atoms with Crippen LogP contribution in [0.2, 0.25) is 0 Å². The lowest BCUT2D eigenvalue weighted by atomic mass is 9.83. The van der Waals surface area contributed by atoms with Gasteiger partial charge in [0.2, 0.25) is 5.91 Å². The molecule has 0 saturated heterocycles. The van der Waals surface area contributed by atoms with Gasteiger partial charge in [0.1, 0.15) is 0 Å². The molecule has 0 spiro atoms. The normalized spacial score (nSPS) is 19.5. The van der Waals surface area contributed by atoms with Crippen LogP contribution in [0.4, 0.5) is 0 Å². The Labute approximate surface area is 121 Å². The number of hydrogen-bond acceptors (Lipinski definition) is 2. The van der Waals surface area contributed by atoms with Crippen LogP contribution in [0.1, 0.15) is 37.8 Å². The van der Waals surface area contributed by atoms with Gasteiger partial charge < -0.3 is 10.4 Å². The van der Waals surface area contributed by atoms with E-state index in [-0.39, 0.29) is 11.8 Å². The first-order chi connectivity index (χ1) is 9.56. The van der Waals surface area contributed by atoms with Crippen LogP contribution in [-0.4, -0.2) is 23.7 Å². The number of aliphatic hydroxyl groups excluding tert-OH is 1. The van der Waals surface area contributed by atoms with Crippen molar-refractivity contribution in [2.24, 2.45) is 11.8 Å². The second-order valence-electron chi connectivity index (χ2n) is 6.24. The van der Waals surface area contributed by atoms with Crippen LogP contribution >= 0.6 is 0 Å². The number of amides is 1. The second-order valence-corrected chi connectivity index (χ2v) is 6.24. The lowest BCUT2D eigenvalue weighted by Gasteiger charge is -2.24. The standard InChI is InChI=1S/C17H25NO2/c1-12(2)9-16(19)11-18-17(20)15-8-7-13-5-3-4-6-14(13)10-15/h3-6,12,15-16,19H,7-11H2,1-2H3,(H,18,20). The van der Waals surface area contributed by atoms with Crippen LogP contribution in [0, 0.1) is 11.8 Å². The zero-order chi connectivity index (χ0) is 14.5. The molecule has 2 N–H and O–H groups in total. The summed E-state index contributed by atoms with van der Waals surface area (Å²) < 4.78 is 0. The monoisotopic (exact) mass is 275 g/mol. The van der Waals surface area contributed by atoms with Crippen LogP contribution < -0.4 is 5.32 Å². The van der Waals surface area contributed by atoms with Crippen molar-refractivity contribution in [3.63, 3.8) is 0 Å². The number of rotatable bonds is 5. The van der Waals surface area contributed by atoms with E-state index in [1.54, 1.807) is 0 Å². The van der Waals surface area contributed by atoms with Crippen LogP contribution in [0.25, 0.3) is 0 Å². The van der Waals surface area contributed by atoms with Crippen molar-refractivity contribution in [1.82, 2.24) is 5.32 Å². The Bertz CT molecular complexity index is 456. The van der Waals surface area contributed by atoms with E-state index in [4.69, 9.17) is 0 Å². The fourth-order valence-corrected chi connectivity index (χ4v) is 2.91. The summed E-state index contributed by atoms with van der Waals surface area (Å²) in [6.07, 6.45) is 3.00. The molecular weight excluding hydrogens is 250 g/mol. The van der Waals surface area contributed by atoms with Gasteiger partial charge in [0.25, 0.3) is 0 Å². The van der Waals surface area contributed by atoms with E-state index in [2.05, 4.69) is 37.4 Å². The molecule has 3 heteroatoms. The van der Waals surface area contributed by atoms with Gasteiger partial charge in [-0.1, -0.05) is 38.1 Å². The first kappa shape index (κ1) is 15.0. The number of fused-ring (bicyclic) bond motifs is 1. The zero-order valence-electron chi connectivity index (χ0n) is 12.4. The molecule has 1 aliphatic carbocycles. The lowest BCUT2D eigenvalue weighted by molar-refractivity contribution is -0.125. The van der Waals surface area contributed by atoms with Crippen LogP contribution in [-0.2, 0) is 17.6 Å². The molecule has 0 heterocycles. The number of carbonyl (C=O) groups excluding carboxylic acids is 1. The predicted molar refractivity (Wildman–Crippen MR) is 80.4 cm³/mol. The number of aryl methyl sites for hydroxylation is 1. The quantitative estimate of drug-likeness (QED) is 0.866. The molecule has 1 aromatic carbocycles. The molecular formula is C17H25NO2. The van der Waals surface area contributed by atoms with Gasteiger partial charge in [-0.2, -0.15) is 0 Å². The van der Waals surface area contributed by atoms with E-state index in [0.29, 0.717) is 12.5 Å². The van der Waals surface area contributed by atoms with Gasteiger partial charge in [0.15, 0.2) is 0 Å². The van der Waals surface area contributed by atoms with Gasteiger partial charge in [0.05, 0.1) is 6.10 Å². The Kier molecular flexibility index (Phi) is 5.18. The molecule has 2 unspecified atom stereocenters. The molecule has 1 amide bonds. The van der Waals surface area contributed by atoms with E-state index >= 15 is 0 Å². The van der Waals surface area contributed by atoms with Gasteiger partial charge in [-0.05, 0) is 42.7 Å². The third-order valence-electron chi connectivity index (χ3n) is 3.97. The summed E-state index contributed by atoms with van der Waals surface area (Å²) in [6, 6.07) is 8.35. The molecule has 0 fully saturated rings. The summed E-state index contributed by atoms with van der Waals surface area (Å²) >= 11 is 0. The predicted octanol–water partition coefficient (Wildman–Crippen LogP) is 2.31. The molecule has 0 bridgehead atoms. The van der Waals surface area contributed by atoms with Crippen molar-refractivity contribution < 1.29 is 9.90 Å². The maximum absolute atomic E-state index is 12.2. The Balaban J connectivity index is 1.83. The van der Waals surface area contributed by atoms with E-state index in [1.807, 2.05) is 6.07 Å². The number of aliphatic hydroxyl groups is 1. The van der Waals surface area contributed by atoms with Crippen molar-refractivity contribution in [3.8, 4) is 0 Å². The molecule has 2 rings (SSSR count). The number of benzene rings is 1. The third-order valence-corrected chi connectivity index (χ3v) is 3.97. The zero-order valence-corrected chi connectivity index (χ0v) is 12.4. The topological polar surface area (TPSA) is 49.3 Å². The minimum Gasteiger partial charge on any atom is -0.391 e. The van der Waals surface area contributed by atoms with E-state index in [1.165, 1.54) is 11.1 Å². The van der Waals surface area contributed by atoms with Crippen LogP contribution in [0.5, 0.6) is 0 Å². The van der Waals surface area contributed by atoms with Crippen molar-refractivity contribution in [2.45, 2.75) is 45.6 Å². The summed E-state index contributed by atoms with van der Waals surface area (Å²) in [7, 11) is 0. The molecule has 110 valence electrons. The van der Waals surface area contributed by atoms with E-state index in [9.17, 15) is 9.90 Å². The van der Waals surface area contributed by atoms with E-state index in [0.717, 1.165) is 25.7 Å². The second kappa shape index (κ2) is 6.89. The molecule has 0 aromatic heterocycles. The minimum atomic E-state index is -0.435. The fraction of sp³-hybridized carbons (Fsp3) is 0.588. The highest BCUT2D eigenvalue weighted by Gasteiger charge is 2.24. The van der Waals surface area contributed by atoms with Crippen LogP contribution in [0.15, 0.2) is 24.3 Å². The highest BCUT2D eigenvalue weighted by molar-refractivity contribution is 5.79. The van der Waals surface area contributed by atoms with Crippen molar-refractivity contribution in [3.05, 3.63) is 35.4 Å². The largest absolute Gasteiger partial charge is 0.391 e. The highest BCUT2D eigenvalue weighted by atomic mass is 16.3. The van der Waals surface area contributed by atoms with Crippen molar-refractivity contribution in [2.75, 3.05) is 6.54 Å². The van der Waals surface area contributed by atoms with Crippen LogP contribution in [0.3, 0.4) is 0 Å². The summed E-state index contributed by atoms with van der Waals surface area (Å²) in [6.45, 7) is 4.52. The summed E-state index contributed by atoms with van der Waals surface area (Å²) in [5.74, 6) is 0.585. The summed E-state index contributed by atoms with van der Waals surface area (Å²) in [5, 5.41) is 12.7. The van der Waals surface area contributed by atoms with Crippen molar-refractivity contribution >= 4 is 5.91 Å². The lowest BCUT2D eigenvalue weighted by Crippen LogP contribution is -2.38. The Morgan fingerprint density at radius 3 is 2.75 bits per heavy atom. The smallest absolute Gasteiger partial charge is 0.223 e. The van der Waals surface area contributed by atoms with Gasteiger partial charge in [-0.25, -0.2) is 0 Å². The van der Waals surface area contributed by atoms with Gasteiger partial charge in [0, 0.05) is 12.5 Å². The maximum Gasteiger partial charge on any atom is 0.223 e. The SMILES string of the molecule is CC(C)CC(O)CNC(=O)C1CCc2ccccc2C1. The molecule has 0 radical (unpaired) electrons. The molecule has 2 atom stereocenters. The number of hydrogen-bond donors (Lipinski definition) is 2. The third kappa shape index (κ3) is 4.07. The van der Waals surface area contributed by atoms with E-state index < -0.39 is 6.10 Å². The van der Waals surface area contributed by atoms with Gasteiger partial charge >= 0.3 is 0 Å². The Morgan fingerprint density at radius 2 is 2.05 bits per heavy atom. The summed E-state index contributed by atoms with van der Waals surface area (Å²) in [5.41, 5.74) is 2.66. The van der Waals surface area contributed by atoms with Gasteiger partial charge in [-0.15, -0.1) is 0 Å². The number of carbonyl (C=O) groups is 1. The molecule has 20 heavy (non-hydrogen) atoms. The molecule has 0 saturated carbocycles. The average molecular weight is 275 g/mol. The molecule has 1 aliphatic rings. The maximum atomic E-state index is 12.2. The first-order valence-electron chi connectivity index (χ1n) is 7.58. The average Bonchev–Trinajstić information content (AvgIpc) is 2.43.